The topological polar surface area (TPSA) is 83.7 Å². The van der Waals surface area contributed by atoms with E-state index in [0.29, 0.717) is 24.0 Å². The molecule has 27 heavy (non-hydrogen) atoms. The summed E-state index contributed by atoms with van der Waals surface area (Å²) in [5, 5.41) is 4.93. The molecule has 0 amide bonds. The fraction of sp³-hybridized carbons (Fsp3) is 0.200. The highest BCUT2D eigenvalue weighted by molar-refractivity contribution is 6.06. The van der Waals surface area contributed by atoms with E-state index in [1.165, 1.54) is 0 Å². The molecule has 3 aromatic heterocycles. The molecule has 136 valence electrons. The predicted octanol–water partition coefficient (Wildman–Crippen LogP) is 3.90. The van der Waals surface area contributed by atoms with Gasteiger partial charge in [0, 0.05) is 36.1 Å². The van der Waals surface area contributed by atoms with Gasteiger partial charge in [0.1, 0.15) is 5.52 Å². The van der Waals surface area contributed by atoms with E-state index >= 15 is 0 Å². The number of aromatic nitrogens is 5. The quantitative estimate of drug-likeness (QED) is 0.503. The van der Waals surface area contributed by atoms with Crippen molar-refractivity contribution in [3.8, 4) is 11.7 Å². The van der Waals surface area contributed by atoms with E-state index < -0.39 is 0 Å². The molecule has 1 aromatic carbocycles. The van der Waals surface area contributed by atoms with Gasteiger partial charge in [0.25, 0.3) is 5.89 Å². The number of nitrogens with one attached hydrogen (secondary N) is 1. The van der Waals surface area contributed by atoms with E-state index in [1.807, 2.05) is 25.1 Å². The van der Waals surface area contributed by atoms with Crippen LogP contribution in [0.1, 0.15) is 12.7 Å². The third-order valence-corrected chi connectivity index (χ3v) is 4.36. The molecule has 0 fully saturated rings. The molecule has 7 heteroatoms. The van der Waals surface area contributed by atoms with Gasteiger partial charge in [-0.3, -0.25) is 0 Å². The molecule has 0 aliphatic heterocycles. The highest BCUT2D eigenvalue weighted by Crippen LogP contribution is 2.29. The fourth-order valence-electron chi connectivity index (χ4n) is 3.05. The van der Waals surface area contributed by atoms with Crippen molar-refractivity contribution in [2.75, 3.05) is 18.0 Å². The first kappa shape index (κ1) is 17.0. The summed E-state index contributed by atoms with van der Waals surface area (Å²) in [5.41, 5.74) is 3.76. The van der Waals surface area contributed by atoms with E-state index in [9.17, 15) is 0 Å². The molecule has 4 rings (SSSR count). The number of nitrogens with zero attached hydrogens (tertiary/aromatic N) is 5. The lowest BCUT2D eigenvalue weighted by Crippen LogP contribution is -2.22. The van der Waals surface area contributed by atoms with Gasteiger partial charge < -0.3 is 14.4 Å². The standard InChI is InChI=1S/C20H20N6O/c1-4-9-26(10-5-2)13-7-8-15-14(11-13)18-16(22-15)12-21-19(24-18)20-23-17(6-3)25-27-20/h4-5,7-8,11-12,22H,1-2,6,9-10H2,3H3. The normalized spacial score (nSPS) is 11.1. The molecule has 4 aromatic rings. The molecule has 1 N–H and O–H groups in total. The van der Waals surface area contributed by atoms with Crippen molar-refractivity contribution < 1.29 is 4.52 Å². The Morgan fingerprint density at radius 3 is 2.67 bits per heavy atom. The van der Waals surface area contributed by atoms with Crippen LogP contribution in [0.25, 0.3) is 33.7 Å². The Morgan fingerprint density at radius 1 is 1.15 bits per heavy atom. The summed E-state index contributed by atoms with van der Waals surface area (Å²) >= 11 is 0. The van der Waals surface area contributed by atoms with Gasteiger partial charge in [-0.2, -0.15) is 4.98 Å². The third kappa shape index (κ3) is 3.08. The minimum atomic E-state index is 0.333. The van der Waals surface area contributed by atoms with Crippen LogP contribution < -0.4 is 4.90 Å². The van der Waals surface area contributed by atoms with Gasteiger partial charge in [-0.15, -0.1) is 13.2 Å². The molecule has 0 spiro atoms. The number of fused-ring (bicyclic) bond motifs is 3. The summed E-state index contributed by atoms with van der Waals surface area (Å²) in [4.78, 5) is 18.9. The minimum absolute atomic E-state index is 0.333. The maximum Gasteiger partial charge on any atom is 0.295 e. The van der Waals surface area contributed by atoms with Crippen molar-refractivity contribution in [1.82, 2.24) is 25.1 Å². The van der Waals surface area contributed by atoms with E-state index in [-0.39, 0.29) is 0 Å². The van der Waals surface area contributed by atoms with Gasteiger partial charge in [0.15, 0.2) is 5.82 Å². The Balaban J connectivity index is 1.83. The summed E-state index contributed by atoms with van der Waals surface area (Å²) in [5.74, 6) is 1.40. The molecular formula is C20H20N6O. The number of hydrogen-bond acceptors (Lipinski definition) is 6. The second kappa shape index (κ2) is 7.03. The number of H-pyrrole nitrogens is 1. The first-order valence-electron chi connectivity index (χ1n) is 8.81. The highest BCUT2D eigenvalue weighted by Gasteiger charge is 2.15. The van der Waals surface area contributed by atoms with Crippen molar-refractivity contribution in [1.29, 1.82) is 0 Å². The molecule has 3 heterocycles. The van der Waals surface area contributed by atoms with Gasteiger partial charge in [0.2, 0.25) is 5.82 Å². The number of benzene rings is 1. The average Bonchev–Trinajstić information content (AvgIpc) is 3.31. The van der Waals surface area contributed by atoms with Crippen LogP contribution in [-0.2, 0) is 6.42 Å². The molecule has 0 atom stereocenters. The van der Waals surface area contributed by atoms with Crippen molar-refractivity contribution in [2.45, 2.75) is 13.3 Å². The lowest BCUT2D eigenvalue weighted by atomic mass is 10.2. The smallest absolute Gasteiger partial charge is 0.295 e. The fourth-order valence-corrected chi connectivity index (χ4v) is 3.05. The molecule has 0 aliphatic carbocycles. The predicted molar refractivity (Wildman–Crippen MR) is 107 cm³/mol. The molecule has 0 radical (unpaired) electrons. The summed E-state index contributed by atoms with van der Waals surface area (Å²) in [6.45, 7) is 11.1. The van der Waals surface area contributed by atoms with Crippen molar-refractivity contribution in [2.24, 2.45) is 0 Å². The lowest BCUT2D eigenvalue weighted by Gasteiger charge is -2.21. The molecule has 0 saturated heterocycles. The molecular weight excluding hydrogens is 340 g/mol. The van der Waals surface area contributed by atoms with Crippen molar-refractivity contribution in [3.63, 3.8) is 0 Å². The Labute approximate surface area is 156 Å². The maximum atomic E-state index is 5.28. The number of rotatable bonds is 7. The Kier molecular flexibility index (Phi) is 4.42. The largest absolute Gasteiger partial charge is 0.364 e. The van der Waals surface area contributed by atoms with E-state index in [4.69, 9.17) is 4.52 Å². The molecule has 0 bridgehead atoms. The van der Waals surface area contributed by atoms with Crippen LogP contribution in [0.5, 0.6) is 0 Å². The summed E-state index contributed by atoms with van der Waals surface area (Å²) < 4.78 is 5.28. The SMILES string of the molecule is C=CCN(CC=C)c1ccc2[nH]c3cnc(-c4nc(CC)no4)nc3c2c1. The van der Waals surface area contributed by atoms with E-state index in [1.54, 1.807) is 6.20 Å². The zero-order valence-corrected chi connectivity index (χ0v) is 15.1. The Morgan fingerprint density at radius 2 is 1.96 bits per heavy atom. The first-order chi connectivity index (χ1) is 13.2. The Hall–Kier alpha value is -3.48. The zero-order valence-electron chi connectivity index (χ0n) is 15.1. The van der Waals surface area contributed by atoms with Crippen LogP contribution >= 0.6 is 0 Å². The van der Waals surface area contributed by atoms with E-state index in [2.05, 4.69) is 55.3 Å². The maximum absolute atomic E-state index is 5.28. The summed E-state index contributed by atoms with van der Waals surface area (Å²) in [6, 6.07) is 6.24. The molecule has 7 nitrogen and oxygen atoms in total. The van der Waals surface area contributed by atoms with Crippen LogP contribution in [0.15, 0.2) is 54.2 Å². The summed E-state index contributed by atoms with van der Waals surface area (Å²) in [6.07, 6.45) is 6.21. The van der Waals surface area contributed by atoms with Gasteiger partial charge >= 0.3 is 0 Å². The third-order valence-electron chi connectivity index (χ3n) is 4.36. The second-order valence-electron chi connectivity index (χ2n) is 6.16. The number of aromatic amines is 1. The van der Waals surface area contributed by atoms with Gasteiger partial charge in [0.05, 0.1) is 11.7 Å². The Bertz CT molecular complexity index is 1120. The highest BCUT2D eigenvalue weighted by atomic mass is 16.5. The van der Waals surface area contributed by atoms with Crippen molar-refractivity contribution >= 4 is 27.6 Å². The zero-order chi connectivity index (χ0) is 18.8. The van der Waals surface area contributed by atoms with Crippen LogP contribution in [0, 0.1) is 0 Å². The van der Waals surface area contributed by atoms with Crippen molar-refractivity contribution in [3.05, 3.63) is 55.5 Å². The number of aryl methyl sites for hydroxylation is 1. The number of anilines is 1. The van der Waals surface area contributed by atoms with Crippen LogP contribution in [0.3, 0.4) is 0 Å². The van der Waals surface area contributed by atoms with Crippen LogP contribution in [0.2, 0.25) is 0 Å². The molecule has 0 unspecified atom stereocenters. The average molecular weight is 360 g/mol. The van der Waals surface area contributed by atoms with E-state index in [0.717, 1.165) is 40.7 Å². The first-order valence-corrected chi connectivity index (χ1v) is 8.81. The second-order valence-corrected chi connectivity index (χ2v) is 6.16. The molecule has 0 aliphatic rings. The van der Waals surface area contributed by atoms with Gasteiger partial charge in [-0.1, -0.05) is 24.2 Å². The lowest BCUT2D eigenvalue weighted by molar-refractivity contribution is 0.421. The monoisotopic (exact) mass is 360 g/mol. The van der Waals surface area contributed by atoms with Crippen LogP contribution in [-0.4, -0.2) is 38.2 Å². The van der Waals surface area contributed by atoms with Crippen LogP contribution in [0.4, 0.5) is 5.69 Å². The van der Waals surface area contributed by atoms with Gasteiger partial charge in [-0.25, -0.2) is 9.97 Å². The molecule has 0 saturated carbocycles. The summed E-state index contributed by atoms with van der Waals surface area (Å²) in [7, 11) is 0. The minimum Gasteiger partial charge on any atom is -0.364 e. The van der Waals surface area contributed by atoms with Gasteiger partial charge in [-0.05, 0) is 18.2 Å². The number of hydrogen-bond donors (Lipinski definition) is 1.